The monoisotopic (exact) mass is 433 g/mol. The molecule has 1 aliphatic carbocycles. The van der Waals surface area contributed by atoms with Gasteiger partial charge in [-0.1, -0.05) is 6.92 Å². The maximum Gasteiger partial charge on any atom is 0.243 e. The van der Waals surface area contributed by atoms with Gasteiger partial charge in [-0.05, 0) is 68.7 Å². The Kier molecular flexibility index (Phi) is 5.66. The molecule has 2 amide bonds. The van der Waals surface area contributed by atoms with Gasteiger partial charge >= 0.3 is 0 Å². The molecule has 0 unspecified atom stereocenters. The molecule has 2 aliphatic heterocycles. The summed E-state index contributed by atoms with van der Waals surface area (Å²) in [7, 11) is -2.33. The van der Waals surface area contributed by atoms with Crippen molar-refractivity contribution in [3.05, 3.63) is 23.8 Å². The lowest BCUT2D eigenvalue weighted by Crippen LogP contribution is -2.45. The molecule has 7 nitrogen and oxygen atoms in total. The highest BCUT2D eigenvalue weighted by atomic mass is 32.2. The Morgan fingerprint density at radius 1 is 1.17 bits per heavy atom. The summed E-state index contributed by atoms with van der Waals surface area (Å²) in [6.07, 6.45) is 4.59. The summed E-state index contributed by atoms with van der Waals surface area (Å²) in [5, 5.41) is 0. The summed E-state index contributed by atoms with van der Waals surface area (Å²) in [4.78, 5) is 29.0. The van der Waals surface area contributed by atoms with Crippen LogP contribution >= 0.6 is 0 Å². The van der Waals surface area contributed by atoms with Crippen molar-refractivity contribution in [2.24, 2.45) is 11.8 Å². The molecule has 30 heavy (non-hydrogen) atoms. The predicted octanol–water partition coefficient (Wildman–Crippen LogP) is 2.25. The third kappa shape index (κ3) is 3.99. The maximum absolute atomic E-state index is 13.1. The van der Waals surface area contributed by atoms with Crippen molar-refractivity contribution >= 4 is 27.5 Å². The summed E-state index contributed by atoms with van der Waals surface area (Å²) >= 11 is 0. The van der Waals surface area contributed by atoms with E-state index in [4.69, 9.17) is 0 Å². The number of likely N-dealkylation sites (N-methyl/N-ethyl adjacent to an activating group) is 1. The second-order valence-electron chi connectivity index (χ2n) is 9.17. The number of rotatable bonds is 5. The third-order valence-electron chi connectivity index (χ3n) is 6.51. The molecule has 2 atom stereocenters. The zero-order valence-electron chi connectivity index (χ0n) is 18.0. The van der Waals surface area contributed by atoms with Crippen LogP contribution in [0.2, 0.25) is 0 Å². The van der Waals surface area contributed by atoms with Crippen LogP contribution in [0.1, 0.15) is 45.1 Å². The van der Waals surface area contributed by atoms with E-state index in [1.54, 1.807) is 23.1 Å². The van der Waals surface area contributed by atoms with Gasteiger partial charge in [-0.15, -0.1) is 0 Å². The van der Waals surface area contributed by atoms with Crippen LogP contribution in [0.25, 0.3) is 0 Å². The molecule has 2 heterocycles. The number of nitrogens with zero attached hydrogens (tertiary/aromatic N) is 3. The lowest BCUT2D eigenvalue weighted by Gasteiger charge is -2.32. The Morgan fingerprint density at radius 3 is 2.57 bits per heavy atom. The number of fused-ring (bicyclic) bond motifs is 1. The minimum absolute atomic E-state index is 0.0338. The summed E-state index contributed by atoms with van der Waals surface area (Å²) in [5.74, 6) is 0.569. The molecule has 0 N–H and O–H groups in total. The first-order valence-electron chi connectivity index (χ1n) is 10.9. The van der Waals surface area contributed by atoms with Gasteiger partial charge in [0.2, 0.25) is 21.8 Å². The first kappa shape index (κ1) is 21.3. The van der Waals surface area contributed by atoms with Gasteiger partial charge in [0.1, 0.15) is 0 Å². The van der Waals surface area contributed by atoms with E-state index in [1.807, 2.05) is 11.8 Å². The van der Waals surface area contributed by atoms with E-state index in [0.29, 0.717) is 25.4 Å². The molecule has 164 valence electrons. The van der Waals surface area contributed by atoms with Gasteiger partial charge < -0.3 is 9.80 Å². The highest BCUT2D eigenvalue weighted by Crippen LogP contribution is 2.39. The highest BCUT2D eigenvalue weighted by Gasteiger charge is 2.40. The summed E-state index contributed by atoms with van der Waals surface area (Å²) in [5.41, 5.74) is 1.70. The fourth-order valence-corrected chi connectivity index (χ4v) is 5.77. The molecule has 1 saturated heterocycles. The molecule has 8 heteroatoms. The van der Waals surface area contributed by atoms with E-state index in [1.165, 1.54) is 7.05 Å². The number of hydrogen-bond acceptors (Lipinski definition) is 4. The van der Waals surface area contributed by atoms with Crippen LogP contribution in [0.15, 0.2) is 23.1 Å². The van der Waals surface area contributed by atoms with E-state index in [2.05, 4.69) is 6.92 Å². The molecule has 1 saturated carbocycles. The predicted molar refractivity (Wildman–Crippen MR) is 115 cm³/mol. The second kappa shape index (κ2) is 7.96. The van der Waals surface area contributed by atoms with Gasteiger partial charge in [-0.25, -0.2) is 8.42 Å². The number of anilines is 1. The van der Waals surface area contributed by atoms with Crippen LogP contribution in [0.5, 0.6) is 0 Å². The fourth-order valence-electron chi connectivity index (χ4n) is 4.60. The second-order valence-corrected chi connectivity index (χ2v) is 11.2. The van der Waals surface area contributed by atoms with Gasteiger partial charge in [0.05, 0.1) is 11.4 Å². The Morgan fingerprint density at radius 2 is 1.90 bits per heavy atom. The number of likely N-dealkylation sites (tertiary alicyclic amines) is 1. The lowest BCUT2D eigenvalue weighted by molar-refractivity contribution is -0.132. The average Bonchev–Trinajstić information content (AvgIpc) is 3.49. The van der Waals surface area contributed by atoms with Gasteiger partial charge in [0, 0.05) is 37.8 Å². The zero-order chi connectivity index (χ0) is 21.6. The molecule has 0 bridgehead atoms. The van der Waals surface area contributed by atoms with E-state index >= 15 is 0 Å². The number of piperidine rings is 1. The first-order valence-corrected chi connectivity index (χ1v) is 12.3. The van der Waals surface area contributed by atoms with E-state index < -0.39 is 10.0 Å². The van der Waals surface area contributed by atoms with Crippen LogP contribution in [0, 0.1) is 11.8 Å². The largest absolute Gasteiger partial charge is 0.341 e. The topological polar surface area (TPSA) is 78.0 Å². The van der Waals surface area contributed by atoms with Crippen molar-refractivity contribution in [2.45, 2.75) is 56.9 Å². The lowest BCUT2D eigenvalue weighted by atomic mass is 10.0. The van der Waals surface area contributed by atoms with Crippen LogP contribution in [-0.2, 0) is 26.0 Å². The maximum atomic E-state index is 13.1. The highest BCUT2D eigenvalue weighted by molar-refractivity contribution is 7.89. The Hall–Kier alpha value is -1.93. The van der Waals surface area contributed by atoms with Crippen molar-refractivity contribution in [3.63, 3.8) is 0 Å². The summed E-state index contributed by atoms with van der Waals surface area (Å²) < 4.78 is 27.3. The summed E-state index contributed by atoms with van der Waals surface area (Å²) in [6.45, 7) is 5.34. The number of hydrogen-bond donors (Lipinski definition) is 0. The molecule has 2 fully saturated rings. The molecular formula is C22H31N3O4S. The van der Waals surface area contributed by atoms with Crippen molar-refractivity contribution in [3.8, 4) is 0 Å². The van der Waals surface area contributed by atoms with Crippen molar-refractivity contribution < 1.29 is 18.0 Å². The number of amides is 2. The number of carbonyl (C=O) groups excluding carboxylic acids is 2. The van der Waals surface area contributed by atoms with Crippen LogP contribution in [0.4, 0.5) is 5.69 Å². The van der Waals surface area contributed by atoms with Gasteiger partial charge in [-0.2, -0.15) is 4.31 Å². The molecule has 1 aromatic carbocycles. The van der Waals surface area contributed by atoms with E-state index in [-0.39, 0.29) is 35.2 Å². The number of sulfonamides is 1. The standard InChI is InChI=1S/C22H31N3O4S/c1-15-5-4-10-24(13-15)21(26)14-23(3)30(28,29)19-8-9-20-18(12-19)11-16(2)25(20)22(27)17-6-7-17/h8-9,12,15-17H,4-7,10-11,13-14H2,1-3H3/t15-,16+/m0/s1. The van der Waals surface area contributed by atoms with Crippen molar-refractivity contribution in [1.29, 1.82) is 0 Å². The van der Waals surface area contributed by atoms with Crippen molar-refractivity contribution in [1.82, 2.24) is 9.21 Å². The smallest absolute Gasteiger partial charge is 0.243 e. The van der Waals surface area contributed by atoms with Gasteiger partial charge in [-0.3, -0.25) is 9.59 Å². The van der Waals surface area contributed by atoms with E-state index in [0.717, 1.165) is 41.2 Å². The SMILES string of the molecule is C[C@H]1CCCN(C(=O)CN(C)S(=O)(=O)c2ccc3c(c2)C[C@@H](C)N3C(=O)C2CC2)C1. The summed E-state index contributed by atoms with van der Waals surface area (Å²) in [6, 6.07) is 5.01. The Labute approximate surface area is 179 Å². The fraction of sp³-hybridized carbons (Fsp3) is 0.636. The van der Waals surface area contributed by atoms with Crippen LogP contribution in [0.3, 0.4) is 0 Å². The minimum Gasteiger partial charge on any atom is -0.341 e. The third-order valence-corrected chi connectivity index (χ3v) is 8.31. The van der Waals surface area contributed by atoms with Gasteiger partial charge in [0.15, 0.2) is 0 Å². The van der Waals surface area contributed by atoms with Crippen LogP contribution in [-0.4, -0.2) is 62.2 Å². The Bertz CT molecular complexity index is 957. The van der Waals surface area contributed by atoms with Crippen molar-refractivity contribution in [2.75, 3.05) is 31.6 Å². The Balaban J connectivity index is 1.50. The number of benzene rings is 1. The first-order chi connectivity index (χ1) is 14.2. The van der Waals surface area contributed by atoms with Gasteiger partial charge in [0.25, 0.3) is 0 Å². The quantitative estimate of drug-likeness (QED) is 0.714. The minimum atomic E-state index is -3.78. The molecular weight excluding hydrogens is 402 g/mol. The molecule has 0 aromatic heterocycles. The molecule has 0 radical (unpaired) electrons. The number of carbonyl (C=O) groups is 2. The molecule has 4 rings (SSSR count). The molecule has 1 aromatic rings. The molecule has 3 aliphatic rings. The van der Waals surface area contributed by atoms with Crippen LogP contribution < -0.4 is 4.90 Å². The average molecular weight is 434 g/mol. The molecule has 0 spiro atoms. The normalized spacial score (nSPS) is 24.3. The zero-order valence-corrected chi connectivity index (χ0v) is 18.8. The van der Waals surface area contributed by atoms with E-state index in [9.17, 15) is 18.0 Å².